The van der Waals surface area contributed by atoms with Crippen LogP contribution in [0.2, 0.25) is 0 Å². The number of aromatic nitrogens is 1. The molecule has 1 fully saturated rings. The van der Waals surface area contributed by atoms with Gasteiger partial charge < -0.3 is 35.2 Å². The van der Waals surface area contributed by atoms with E-state index in [1.165, 1.54) is 27.0 Å². The minimum absolute atomic E-state index is 0.0183. The third-order valence-corrected chi connectivity index (χ3v) is 8.07. The van der Waals surface area contributed by atoms with Gasteiger partial charge in [-0.2, -0.15) is 0 Å². The number of amides is 1. The quantitative estimate of drug-likeness (QED) is 0.0825. The molecule has 1 atom stereocenters. The fraction of sp³-hybridized carbons (Fsp3) is 0.609. The van der Waals surface area contributed by atoms with Crippen LogP contribution in [0.25, 0.3) is 0 Å². The largest absolute Gasteiger partial charge is 0.481 e. The molecule has 0 saturated carbocycles. The van der Waals surface area contributed by atoms with Gasteiger partial charge in [0.05, 0.1) is 29.0 Å². The van der Waals surface area contributed by atoms with Crippen LogP contribution in [0.1, 0.15) is 18.9 Å². The second kappa shape index (κ2) is 12.4. The Morgan fingerprint density at radius 3 is 2.58 bits per heavy atom. The van der Waals surface area contributed by atoms with Gasteiger partial charge in [0.1, 0.15) is 5.69 Å². The number of likely N-dealkylation sites (N-methyl/N-ethyl adjacent to an activating group) is 1. The Kier molecular flexibility index (Phi) is 9.88. The molecule has 40 heavy (non-hydrogen) atoms. The van der Waals surface area contributed by atoms with Gasteiger partial charge in [-0.05, 0) is 20.9 Å². The van der Waals surface area contributed by atoms with Gasteiger partial charge in [-0.25, -0.2) is 9.78 Å². The van der Waals surface area contributed by atoms with E-state index in [4.69, 9.17) is 4.74 Å². The van der Waals surface area contributed by atoms with Crippen molar-refractivity contribution in [3.63, 3.8) is 0 Å². The summed E-state index contributed by atoms with van der Waals surface area (Å²) >= 11 is 1.40. The molecular formula is C23H37B3N6O7S. The van der Waals surface area contributed by atoms with Crippen molar-refractivity contribution in [2.45, 2.75) is 31.0 Å². The first kappa shape index (κ1) is 31.8. The number of carbonyl (C=O) groups excluding carboxylic acids is 2. The lowest BCUT2D eigenvalue weighted by atomic mass is 9.54. The molecule has 2 aliphatic heterocycles. The molecule has 0 aliphatic carbocycles. The summed E-state index contributed by atoms with van der Waals surface area (Å²) in [5, 5.41) is 33.8. The monoisotopic (exact) mass is 574 g/mol. The minimum atomic E-state index is -2.26. The Balaban J connectivity index is 1.81. The number of esters is 1. The number of aliphatic imine (C=N–C) groups is 1. The first-order valence-electron chi connectivity index (χ1n) is 13.0. The fourth-order valence-corrected chi connectivity index (χ4v) is 5.05. The Hall–Kier alpha value is -2.72. The van der Waals surface area contributed by atoms with Gasteiger partial charge in [-0.15, -0.1) is 11.3 Å². The third kappa shape index (κ3) is 7.72. The van der Waals surface area contributed by atoms with Gasteiger partial charge in [-0.1, -0.05) is 0 Å². The number of carboxylic acids is 1. The Morgan fingerprint density at radius 1 is 1.30 bits per heavy atom. The van der Waals surface area contributed by atoms with Crippen molar-refractivity contribution in [3.05, 3.63) is 27.9 Å². The summed E-state index contributed by atoms with van der Waals surface area (Å²) in [6.07, 6.45) is 2.48. The number of hydrogen-bond acceptors (Lipinski definition) is 12. The van der Waals surface area contributed by atoms with Crippen LogP contribution < -0.4 is 5.32 Å². The Bertz CT molecular complexity index is 1160. The van der Waals surface area contributed by atoms with Crippen LogP contribution in [-0.2, 0) is 19.1 Å². The molecule has 0 radical (unpaired) electrons. The number of carbonyl (C=O) groups is 3. The maximum Gasteiger partial charge on any atom is 0.336 e. The Labute approximate surface area is 240 Å². The lowest BCUT2D eigenvalue weighted by Crippen LogP contribution is -2.59. The van der Waals surface area contributed by atoms with E-state index >= 15 is 0 Å². The third-order valence-electron chi connectivity index (χ3n) is 7.29. The maximum atomic E-state index is 13.2. The summed E-state index contributed by atoms with van der Waals surface area (Å²) in [7, 11) is 5.81. The molecule has 1 saturated heterocycles. The highest BCUT2D eigenvalue weighted by Crippen LogP contribution is 2.22. The van der Waals surface area contributed by atoms with Crippen molar-refractivity contribution in [3.8, 4) is 0 Å². The van der Waals surface area contributed by atoms with Crippen LogP contribution in [0.5, 0.6) is 0 Å². The summed E-state index contributed by atoms with van der Waals surface area (Å²) < 4.78 is 5.51. The molecule has 2 aliphatic rings. The molecule has 17 heteroatoms. The van der Waals surface area contributed by atoms with E-state index in [-0.39, 0.29) is 18.2 Å². The molecular weight excluding hydrogens is 537 g/mol. The van der Waals surface area contributed by atoms with E-state index in [0.717, 1.165) is 14.3 Å². The molecule has 3 rings (SSSR count). The summed E-state index contributed by atoms with van der Waals surface area (Å²) in [6, 6.07) is -0.198. The molecule has 0 bridgehead atoms. The van der Waals surface area contributed by atoms with E-state index < -0.39 is 28.4 Å². The zero-order valence-electron chi connectivity index (χ0n) is 23.9. The van der Waals surface area contributed by atoms with Crippen molar-refractivity contribution >= 4 is 59.1 Å². The molecule has 3 heterocycles. The highest BCUT2D eigenvalue weighted by Gasteiger charge is 2.41. The molecule has 216 valence electrons. The lowest BCUT2D eigenvalue weighted by molar-refractivity contribution is -0.182. The molecule has 1 aromatic rings. The van der Waals surface area contributed by atoms with Crippen molar-refractivity contribution in [1.82, 2.24) is 25.0 Å². The van der Waals surface area contributed by atoms with Crippen molar-refractivity contribution in [2.75, 3.05) is 52.9 Å². The van der Waals surface area contributed by atoms with Crippen molar-refractivity contribution in [1.29, 1.82) is 0 Å². The minimum Gasteiger partial charge on any atom is -0.481 e. The average molecular weight is 574 g/mol. The number of nitrogens with zero attached hydrogens (tertiary/aromatic N) is 5. The molecule has 0 aromatic carbocycles. The first-order valence-corrected chi connectivity index (χ1v) is 13.9. The molecule has 0 unspecified atom stereocenters. The van der Waals surface area contributed by atoms with Crippen LogP contribution in [0.15, 0.2) is 27.8 Å². The predicted octanol–water partition coefficient (Wildman–Crippen LogP) is -4.33. The second-order valence-corrected chi connectivity index (χ2v) is 12.5. The van der Waals surface area contributed by atoms with E-state index in [1.807, 2.05) is 17.3 Å². The number of hydrogen-bond donors (Lipinski definition) is 4. The van der Waals surface area contributed by atoms with Crippen molar-refractivity contribution < 1.29 is 34.4 Å². The van der Waals surface area contributed by atoms with Gasteiger partial charge in [0, 0.05) is 56.5 Å². The van der Waals surface area contributed by atoms with Gasteiger partial charge in [-0.3, -0.25) is 19.5 Å². The van der Waals surface area contributed by atoms with Crippen LogP contribution in [0.4, 0.5) is 0 Å². The molecule has 13 nitrogen and oxygen atoms in total. The molecule has 1 aromatic heterocycles. The summed E-state index contributed by atoms with van der Waals surface area (Å²) in [5.41, 5.74) is -2.40. The number of piperazine rings is 1. The maximum absolute atomic E-state index is 13.2. The van der Waals surface area contributed by atoms with Crippen LogP contribution >= 0.6 is 11.3 Å². The number of aliphatic hydroxyl groups is 2. The van der Waals surface area contributed by atoms with Crippen molar-refractivity contribution in [2.24, 2.45) is 10.4 Å². The highest BCUT2D eigenvalue weighted by atomic mass is 32.1. The van der Waals surface area contributed by atoms with Crippen LogP contribution in [0.3, 0.4) is 0 Å². The number of carboxylic acid groups (broad SMARTS) is 1. The predicted molar refractivity (Wildman–Crippen MR) is 157 cm³/mol. The summed E-state index contributed by atoms with van der Waals surface area (Å²) in [5.74, 6) is -1.09. The number of aliphatic carboxylic acids is 1. The van der Waals surface area contributed by atoms with Crippen LogP contribution in [0, 0.1) is 5.41 Å². The number of nitrogens with one attached hydrogen (secondary N) is 1. The number of thiazole rings is 1. The highest BCUT2D eigenvalue weighted by molar-refractivity contribution is 7.11. The zero-order valence-corrected chi connectivity index (χ0v) is 24.7. The lowest BCUT2D eigenvalue weighted by Gasteiger charge is -2.42. The van der Waals surface area contributed by atoms with E-state index in [9.17, 15) is 29.7 Å². The topological polar surface area (TPSA) is 168 Å². The molecule has 0 spiro atoms. The van der Waals surface area contributed by atoms with E-state index in [1.54, 1.807) is 24.9 Å². The number of rotatable bonds is 12. The van der Waals surface area contributed by atoms with Crippen LogP contribution in [-0.4, -0.2) is 153 Å². The smallest absolute Gasteiger partial charge is 0.336 e. The standard InChI is InChI=1S/C23H37B3N6O7S/c1-21(2,20(35)36)12-30(3)9-14-10-31(5-6-32(14)13-33)11-16-15(19(34)39-22(24,25)23(26,37)38)8-28-17(29-16)18-27-4-7-40-18/h4,7,13-14,37-38H,5-6,8-12,24-26H2,1-3H3,(H,28,29)(H,35,36)/t14-/m1/s1. The number of ether oxygens (including phenoxy) is 1. The second-order valence-electron chi connectivity index (χ2n) is 11.6. The molecule has 1 amide bonds. The zero-order chi connectivity index (χ0) is 29.9. The van der Waals surface area contributed by atoms with E-state index in [0.29, 0.717) is 55.8 Å². The average Bonchev–Trinajstić information content (AvgIpc) is 3.38. The Morgan fingerprint density at radius 2 is 2.00 bits per heavy atom. The summed E-state index contributed by atoms with van der Waals surface area (Å²) in [4.78, 5) is 51.2. The summed E-state index contributed by atoms with van der Waals surface area (Å²) in [6.45, 7) is 5.95. The normalized spacial score (nSPS) is 19.3. The molecule has 4 N–H and O–H groups in total. The van der Waals surface area contributed by atoms with Gasteiger partial charge in [0.2, 0.25) is 6.41 Å². The SMILES string of the molecule is BC(O)(O)C(B)(B)OC(=O)C1=C(CN2CCN(C=O)[C@H](CN(C)CC(C)(C)C(=O)O)C2)NC(c2nccs2)=NC1. The fourth-order valence-electron chi connectivity index (χ4n) is 4.45. The van der Waals surface area contributed by atoms with Gasteiger partial charge >= 0.3 is 11.9 Å². The van der Waals surface area contributed by atoms with Gasteiger partial charge in [0.25, 0.3) is 0 Å². The number of amidine groups is 1. The van der Waals surface area contributed by atoms with E-state index in [2.05, 4.69) is 20.2 Å². The van der Waals surface area contributed by atoms with Gasteiger partial charge in [0.15, 0.2) is 34.4 Å². The first-order chi connectivity index (χ1) is 18.5.